The largest absolute Gasteiger partial charge is 0.454 e. The molecule has 2 aliphatic heterocycles. The van der Waals surface area contributed by atoms with Crippen molar-refractivity contribution >= 4 is 11.7 Å². The lowest BCUT2D eigenvalue weighted by Gasteiger charge is -2.37. The number of carbonyl (C=O) groups excluding carboxylic acids is 1. The maximum Gasteiger partial charge on any atom is 0.242 e. The van der Waals surface area contributed by atoms with Gasteiger partial charge in [0.15, 0.2) is 17.3 Å². The number of amides is 1. The number of fused-ring (bicyclic) bond motifs is 1. The lowest BCUT2D eigenvalue weighted by Crippen LogP contribution is -2.52. The van der Waals surface area contributed by atoms with Gasteiger partial charge in [-0.25, -0.2) is 0 Å². The maximum atomic E-state index is 12.4. The van der Waals surface area contributed by atoms with Gasteiger partial charge >= 0.3 is 0 Å². The SMILES string of the molecule is Cc1cc(NC(=O)[C@@H](C)N2CCN(Cc3ccc4c(c3)OCO4)CC2)no1. The Hall–Kier alpha value is -2.58. The van der Waals surface area contributed by atoms with Crippen LogP contribution in [0.25, 0.3) is 0 Å². The fourth-order valence-electron chi connectivity index (χ4n) is 3.43. The summed E-state index contributed by atoms with van der Waals surface area (Å²) >= 11 is 0. The van der Waals surface area contributed by atoms with E-state index in [1.807, 2.05) is 19.1 Å². The Morgan fingerprint density at radius 3 is 2.70 bits per heavy atom. The molecule has 27 heavy (non-hydrogen) atoms. The Morgan fingerprint density at radius 1 is 1.19 bits per heavy atom. The van der Waals surface area contributed by atoms with Gasteiger partial charge < -0.3 is 19.3 Å². The average Bonchev–Trinajstić information content (AvgIpc) is 3.30. The first-order chi connectivity index (χ1) is 13.1. The molecule has 0 bridgehead atoms. The van der Waals surface area contributed by atoms with Gasteiger partial charge in [-0.15, -0.1) is 0 Å². The van der Waals surface area contributed by atoms with E-state index in [0.717, 1.165) is 44.2 Å². The number of nitrogens with one attached hydrogen (secondary N) is 1. The molecule has 8 heteroatoms. The third-order valence-electron chi connectivity index (χ3n) is 5.06. The van der Waals surface area contributed by atoms with Crippen LogP contribution in [0.1, 0.15) is 18.2 Å². The molecular weight excluding hydrogens is 348 g/mol. The number of aromatic nitrogens is 1. The highest BCUT2D eigenvalue weighted by atomic mass is 16.7. The minimum Gasteiger partial charge on any atom is -0.454 e. The number of hydrogen-bond acceptors (Lipinski definition) is 7. The number of nitrogens with zero attached hydrogens (tertiary/aromatic N) is 3. The van der Waals surface area contributed by atoms with Crippen molar-refractivity contribution in [3.63, 3.8) is 0 Å². The van der Waals surface area contributed by atoms with Crippen molar-refractivity contribution in [2.24, 2.45) is 0 Å². The number of carbonyl (C=O) groups is 1. The molecule has 0 radical (unpaired) electrons. The Labute approximate surface area is 158 Å². The molecule has 1 N–H and O–H groups in total. The molecule has 2 aromatic rings. The normalized spacial score (nSPS) is 18.4. The second kappa shape index (κ2) is 7.58. The van der Waals surface area contributed by atoms with Crippen molar-refractivity contribution in [1.82, 2.24) is 15.0 Å². The quantitative estimate of drug-likeness (QED) is 0.858. The predicted molar refractivity (Wildman–Crippen MR) is 98.7 cm³/mol. The molecule has 0 unspecified atom stereocenters. The summed E-state index contributed by atoms with van der Waals surface area (Å²) in [5, 5.41) is 6.62. The first-order valence-corrected chi connectivity index (χ1v) is 9.17. The summed E-state index contributed by atoms with van der Waals surface area (Å²) in [6, 6.07) is 7.59. The number of piperazine rings is 1. The smallest absolute Gasteiger partial charge is 0.242 e. The van der Waals surface area contributed by atoms with E-state index in [9.17, 15) is 4.79 Å². The molecule has 2 aliphatic rings. The van der Waals surface area contributed by atoms with Crippen LogP contribution in [0.3, 0.4) is 0 Å². The van der Waals surface area contributed by atoms with Crippen LogP contribution in [-0.4, -0.2) is 59.9 Å². The molecule has 4 rings (SSSR count). The highest BCUT2D eigenvalue weighted by Gasteiger charge is 2.26. The van der Waals surface area contributed by atoms with Gasteiger partial charge in [-0.2, -0.15) is 0 Å². The van der Waals surface area contributed by atoms with Gasteiger partial charge in [0.1, 0.15) is 5.76 Å². The van der Waals surface area contributed by atoms with Gasteiger partial charge in [0.2, 0.25) is 12.7 Å². The first kappa shape index (κ1) is 17.8. The van der Waals surface area contributed by atoms with Crippen LogP contribution >= 0.6 is 0 Å². The standard InChI is InChI=1S/C19H24N4O4/c1-13-9-18(21-27-13)20-19(24)14(2)23-7-5-22(6-8-23)11-15-3-4-16-17(10-15)26-12-25-16/h3-4,9-10,14H,5-8,11-12H2,1-2H3,(H,20,21,24)/t14-/m1/s1. The molecule has 8 nitrogen and oxygen atoms in total. The summed E-state index contributed by atoms with van der Waals surface area (Å²) in [4.78, 5) is 17.0. The number of benzene rings is 1. The molecular formula is C19H24N4O4. The molecule has 1 aromatic heterocycles. The number of aryl methyl sites for hydroxylation is 1. The van der Waals surface area contributed by atoms with E-state index in [1.165, 1.54) is 5.56 Å². The average molecular weight is 372 g/mol. The van der Waals surface area contributed by atoms with Crippen molar-refractivity contribution in [3.05, 3.63) is 35.6 Å². The molecule has 1 amide bonds. The molecule has 3 heterocycles. The van der Waals surface area contributed by atoms with Gasteiger partial charge in [-0.05, 0) is 31.5 Å². The van der Waals surface area contributed by atoms with Crippen LogP contribution in [-0.2, 0) is 11.3 Å². The van der Waals surface area contributed by atoms with Crippen LogP contribution in [0.15, 0.2) is 28.8 Å². The third-order valence-corrected chi connectivity index (χ3v) is 5.06. The third kappa shape index (κ3) is 4.06. The molecule has 1 aromatic carbocycles. The molecule has 0 aliphatic carbocycles. The zero-order valence-electron chi connectivity index (χ0n) is 15.6. The molecule has 1 atom stereocenters. The van der Waals surface area contributed by atoms with Crippen LogP contribution in [0.5, 0.6) is 11.5 Å². The van der Waals surface area contributed by atoms with E-state index in [4.69, 9.17) is 14.0 Å². The fraction of sp³-hybridized carbons (Fsp3) is 0.474. The molecule has 1 fully saturated rings. The van der Waals surface area contributed by atoms with Crippen LogP contribution in [0, 0.1) is 6.92 Å². The van der Waals surface area contributed by atoms with Gasteiger partial charge in [0.25, 0.3) is 0 Å². The Morgan fingerprint density at radius 2 is 1.96 bits per heavy atom. The monoisotopic (exact) mass is 372 g/mol. The topological polar surface area (TPSA) is 80.1 Å². The maximum absolute atomic E-state index is 12.4. The number of ether oxygens (including phenoxy) is 2. The molecule has 0 spiro atoms. The van der Waals surface area contributed by atoms with Crippen molar-refractivity contribution in [3.8, 4) is 11.5 Å². The highest BCUT2D eigenvalue weighted by molar-refractivity contribution is 5.93. The van der Waals surface area contributed by atoms with Crippen molar-refractivity contribution in [2.45, 2.75) is 26.4 Å². The lowest BCUT2D eigenvalue weighted by molar-refractivity contribution is -0.121. The Kier molecular flexibility index (Phi) is 5.00. The zero-order chi connectivity index (χ0) is 18.8. The minimum absolute atomic E-state index is 0.0625. The van der Waals surface area contributed by atoms with E-state index in [1.54, 1.807) is 13.0 Å². The number of rotatable bonds is 5. The summed E-state index contributed by atoms with van der Waals surface area (Å²) in [5.41, 5.74) is 1.21. The lowest BCUT2D eigenvalue weighted by atomic mass is 10.1. The first-order valence-electron chi connectivity index (χ1n) is 9.17. The van der Waals surface area contributed by atoms with Gasteiger partial charge in [0.05, 0.1) is 6.04 Å². The van der Waals surface area contributed by atoms with E-state index in [-0.39, 0.29) is 11.9 Å². The summed E-state index contributed by atoms with van der Waals surface area (Å²) in [5.74, 6) is 2.71. The Bertz CT molecular complexity index is 814. The minimum atomic E-state index is -0.213. The number of anilines is 1. The molecule has 1 saturated heterocycles. The Balaban J connectivity index is 1.27. The number of hydrogen-bond donors (Lipinski definition) is 1. The summed E-state index contributed by atoms with van der Waals surface area (Å²) in [7, 11) is 0. The van der Waals surface area contributed by atoms with Gasteiger partial charge in [-0.3, -0.25) is 14.6 Å². The van der Waals surface area contributed by atoms with E-state index < -0.39 is 0 Å². The van der Waals surface area contributed by atoms with E-state index in [2.05, 4.69) is 26.3 Å². The van der Waals surface area contributed by atoms with Crippen LogP contribution in [0.2, 0.25) is 0 Å². The summed E-state index contributed by atoms with van der Waals surface area (Å²) in [6.45, 7) is 8.40. The zero-order valence-corrected chi connectivity index (χ0v) is 15.6. The van der Waals surface area contributed by atoms with Crippen molar-refractivity contribution in [1.29, 1.82) is 0 Å². The highest BCUT2D eigenvalue weighted by Crippen LogP contribution is 2.32. The van der Waals surface area contributed by atoms with Crippen LogP contribution < -0.4 is 14.8 Å². The fourth-order valence-corrected chi connectivity index (χ4v) is 3.43. The summed E-state index contributed by atoms with van der Waals surface area (Å²) < 4.78 is 15.8. The predicted octanol–water partition coefficient (Wildman–Crippen LogP) is 1.86. The molecule has 0 saturated carbocycles. The van der Waals surface area contributed by atoms with E-state index in [0.29, 0.717) is 18.4 Å². The van der Waals surface area contributed by atoms with E-state index >= 15 is 0 Å². The van der Waals surface area contributed by atoms with Gasteiger partial charge in [0, 0.05) is 38.8 Å². The second-order valence-electron chi connectivity index (χ2n) is 6.99. The van der Waals surface area contributed by atoms with Crippen molar-refractivity contribution < 1.29 is 18.8 Å². The van der Waals surface area contributed by atoms with Crippen molar-refractivity contribution in [2.75, 3.05) is 38.3 Å². The van der Waals surface area contributed by atoms with Gasteiger partial charge in [-0.1, -0.05) is 11.2 Å². The van der Waals surface area contributed by atoms with Crippen LogP contribution in [0.4, 0.5) is 5.82 Å². The second-order valence-corrected chi connectivity index (χ2v) is 6.99. The summed E-state index contributed by atoms with van der Waals surface area (Å²) in [6.07, 6.45) is 0. The molecule has 144 valence electrons.